The molecular formula is C16H22BrF3N2. The zero-order valence-electron chi connectivity index (χ0n) is 13.0. The van der Waals surface area contributed by atoms with Crippen molar-refractivity contribution in [2.75, 3.05) is 37.6 Å². The lowest BCUT2D eigenvalue weighted by Crippen LogP contribution is -2.47. The van der Waals surface area contributed by atoms with E-state index in [2.05, 4.69) is 39.6 Å². The molecule has 6 heteroatoms. The predicted molar refractivity (Wildman–Crippen MR) is 87.6 cm³/mol. The molecule has 1 aromatic rings. The third kappa shape index (κ3) is 4.38. The fourth-order valence-electron chi connectivity index (χ4n) is 2.87. The van der Waals surface area contributed by atoms with Crippen molar-refractivity contribution in [3.8, 4) is 0 Å². The summed E-state index contributed by atoms with van der Waals surface area (Å²) in [6.07, 6.45) is -4.29. The summed E-state index contributed by atoms with van der Waals surface area (Å²) >= 11 is 3.32. The number of nitrogens with zero attached hydrogens (tertiary/aromatic N) is 2. The number of rotatable bonds is 4. The quantitative estimate of drug-likeness (QED) is 0.717. The highest BCUT2D eigenvalue weighted by molar-refractivity contribution is 9.08. The summed E-state index contributed by atoms with van der Waals surface area (Å²) in [5.74, 6) is 0.635. The highest BCUT2D eigenvalue weighted by Gasteiger charge is 2.31. The minimum atomic E-state index is -4.29. The molecule has 1 aliphatic heterocycles. The smallest absolute Gasteiger partial charge is 0.369 e. The van der Waals surface area contributed by atoms with Crippen molar-refractivity contribution < 1.29 is 13.2 Å². The van der Waals surface area contributed by atoms with Gasteiger partial charge in [-0.25, -0.2) is 0 Å². The average Bonchev–Trinajstić information content (AvgIpc) is 2.46. The van der Waals surface area contributed by atoms with Crippen molar-refractivity contribution in [2.45, 2.75) is 25.4 Å². The van der Waals surface area contributed by atoms with Crippen LogP contribution in [0.25, 0.3) is 0 Å². The summed E-state index contributed by atoms with van der Waals surface area (Å²) in [6.45, 7) is 9.11. The molecule has 0 N–H and O–H groups in total. The molecule has 1 aromatic carbocycles. The fourth-order valence-corrected chi connectivity index (χ4v) is 3.31. The number of benzene rings is 1. The van der Waals surface area contributed by atoms with Crippen molar-refractivity contribution in [1.82, 2.24) is 4.90 Å². The SMILES string of the molecule is CC(C)CN1CCN(c2ccc(C(F)(F)F)cc2CBr)CC1. The molecule has 2 rings (SSSR count). The summed E-state index contributed by atoms with van der Waals surface area (Å²) in [4.78, 5) is 4.60. The van der Waals surface area contributed by atoms with Gasteiger partial charge in [-0.3, -0.25) is 4.90 Å². The molecule has 0 saturated carbocycles. The van der Waals surface area contributed by atoms with Gasteiger partial charge in [-0.1, -0.05) is 29.8 Å². The monoisotopic (exact) mass is 378 g/mol. The number of hydrogen-bond donors (Lipinski definition) is 0. The maximum Gasteiger partial charge on any atom is 0.416 e. The maximum absolute atomic E-state index is 12.8. The lowest BCUT2D eigenvalue weighted by molar-refractivity contribution is -0.137. The van der Waals surface area contributed by atoms with Gasteiger partial charge in [0.25, 0.3) is 0 Å². The van der Waals surface area contributed by atoms with E-state index in [1.54, 1.807) is 6.07 Å². The van der Waals surface area contributed by atoms with Crippen molar-refractivity contribution in [2.24, 2.45) is 5.92 Å². The van der Waals surface area contributed by atoms with E-state index in [0.717, 1.165) is 38.4 Å². The molecule has 1 heterocycles. The Kier molecular flexibility index (Phi) is 5.77. The zero-order valence-corrected chi connectivity index (χ0v) is 14.5. The van der Waals surface area contributed by atoms with Crippen LogP contribution in [0.15, 0.2) is 18.2 Å². The minimum Gasteiger partial charge on any atom is -0.369 e. The van der Waals surface area contributed by atoms with E-state index < -0.39 is 11.7 Å². The van der Waals surface area contributed by atoms with E-state index in [1.807, 2.05) is 0 Å². The molecule has 2 nitrogen and oxygen atoms in total. The first-order valence-corrected chi connectivity index (χ1v) is 8.66. The van der Waals surface area contributed by atoms with Crippen LogP contribution in [0.1, 0.15) is 25.0 Å². The highest BCUT2D eigenvalue weighted by Crippen LogP contribution is 2.34. The summed E-state index contributed by atoms with van der Waals surface area (Å²) in [5.41, 5.74) is 1.03. The lowest BCUT2D eigenvalue weighted by Gasteiger charge is -2.37. The lowest BCUT2D eigenvalue weighted by atomic mass is 10.1. The van der Waals surface area contributed by atoms with Gasteiger partial charge in [0.15, 0.2) is 0 Å². The standard InChI is InChI=1S/C16H22BrF3N2/c1-12(2)11-21-5-7-22(8-6-21)15-4-3-14(16(18,19)20)9-13(15)10-17/h3-4,9,12H,5-8,10-11H2,1-2H3. The second-order valence-corrected chi connectivity index (χ2v) is 6.72. The Morgan fingerprint density at radius 2 is 1.77 bits per heavy atom. The number of halogens is 4. The Hall–Kier alpha value is -0.750. The second-order valence-electron chi connectivity index (χ2n) is 6.16. The summed E-state index contributed by atoms with van der Waals surface area (Å²) in [6, 6.07) is 4.05. The molecule has 0 aromatic heterocycles. The minimum absolute atomic E-state index is 0.429. The molecule has 0 atom stereocenters. The van der Waals surface area contributed by atoms with Gasteiger partial charge in [0.05, 0.1) is 5.56 Å². The normalized spacial score (nSPS) is 17.3. The maximum atomic E-state index is 12.8. The number of alkyl halides is 4. The Balaban J connectivity index is 2.10. The Bertz CT molecular complexity index is 495. The van der Waals surface area contributed by atoms with E-state index in [0.29, 0.717) is 16.8 Å². The van der Waals surface area contributed by atoms with Gasteiger partial charge in [0, 0.05) is 43.7 Å². The molecular weight excluding hydrogens is 357 g/mol. The van der Waals surface area contributed by atoms with Gasteiger partial charge < -0.3 is 4.90 Å². The molecule has 1 fully saturated rings. The Morgan fingerprint density at radius 1 is 1.14 bits per heavy atom. The van der Waals surface area contributed by atoms with Gasteiger partial charge in [0.2, 0.25) is 0 Å². The summed E-state index contributed by atoms with van der Waals surface area (Å²) in [5, 5.41) is 0.429. The first-order valence-electron chi connectivity index (χ1n) is 7.54. The molecule has 124 valence electrons. The van der Waals surface area contributed by atoms with Crippen LogP contribution in [0.5, 0.6) is 0 Å². The van der Waals surface area contributed by atoms with Crippen molar-refractivity contribution in [1.29, 1.82) is 0 Å². The third-order valence-corrected chi connectivity index (χ3v) is 4.49. The predicted octanol–water partition coefficient (Wildman–Crippen LogP) is 4.38. The van der Waals surface area contributed by atoms with Gasteiger partial charge in [-0.2, -0.15) is 13.2 Å². The van der Waals surface area contributed by atoms with Crippen molar-refractivity contribution in [3.05, 3.63) is 29.3 Å². The van der Waals surface area contributed by atoms with Gasteiger partial charge in [-0.05, 0) is 29.7 Å². The molecule has 0 amide bonds. The van der Waals surface area contributed by atoms with E-state index in [4.69, 9.17) is 0 Å². The molecule has 0 aliphatic carbocycles. The van der Waals surface area contributed by atoms with Gasteiger partial charge in [0.1, 0.15) is 0 Å². The molecule has 1 saturated heterocycles. The van der Waals surface area contributed by atoms with E-state index in [1.165, 1.54) is 12.1 Å². The average molecular weight is 379 g/mol. The van der Waals surface area contributed by atoms with Crippen LogP contribution in [0.4, 0.5) is 18.9 Å². The van der Waals surface area contributed by atoms with Crippen LogP contribution < -0.4 is 4.90 Å². The first kappa shape index (κ1) is 17.6. The first-order chi connectivity index (χ1) is 10.3. The number of anilines is 1. The van der Waals surface area contributed by atoms with Gasteiger partial charge >= 0.3 is 6.18 Å². The highest BCUT2D eigenvalue weighted by atomic mass is 79.9. The van der Waals surface area contributed by atoms with Gasteiger partial charge in [-0.15, -0.1) is 0 Å². The third-order valence-electron chi connectivity index (χ3n) is 3.89. The van der Waals surface area contributed by atoms with Crippen LogP contribution in [0.2, 0.25) is 0 Å². The fraction of sp³-hybridized carbons (Fsp3) is 0.625. The van der Waals surface area contributed by atoms with E-state index in [9.17, 15) is 13.2 Å². The van der Waals surface area contributed by atoms with Crippen LogP contribution in [-0.2, 0) is 11.5 Å². The van der Waals surface area contributed by atoms with Crippen LogP contribution in [-0.4, -0.2) is 37.6 Å². The topological polar surface area (TPSA) is 6.48 Å². The van der Waals surface area contributed by atoms with Crippen LogP contribution in [0, 0.1) is 5.92 Å². The van der Waals surface area contributed by atoms with Crippen LogP contribution >= 0.6 is 15.9 Å². The van der Waals surface area contributed by atoms with E-state index in [-0.39, 0.29) is 0 Å². The van der Waals surface area contributed by atoms with Crippen LogP contribution in [0.3, 0.4) is 0 Å². The number of hydrogen-bond acceptors (Lipinski definition) is 2. The van der Waals surface area contributed by atoms with E-state index >= 15 is 0 Å². The molecule has 0 bridgehead atoms. The second kappa shape index (κ2) is 7.21. The largest absolute Gasteiger partial charge is 0.416 e. The number of piperazine rings is 1. The van der Waals surface area contributed by atoms with Crippen molar-refractivity contribution in [3.63, 3.8) is 0 Å². The molecule has 0 unspecified atom stereocenters. The summed E-state index contributed by atoms with van der Waals surface area (Å²) in [7, 11) is 0. The molecule has 0 radical (unpaired) electrons. The zero-order chi connectivity index (χ0) is 16.3. The summed E-state index contributed by atoms with van der Waals surface area (Å²) < 4.78 is 38.4. The molecule has 22 heavy (non-hydrogen) atoms. The molecule has 0 spiro atoms. The molecule has 1 aliphatic rings. The Morgan fingerprint density at radius 3 is 2.27 bits per heavy atom. The van der Waals surface area contributed by atoms with Crippen molar-refractivity contribution >= 4 is 21.6 Å². The Labute approximate surface area is 138 Å².